The number of hydrogen-bond donors (Lipinski definition) is 6. The van der Waals surface area contributed by atoms with Crippen molar-refractivity contribution in [2.75, 3.05) is 6.61 Å². The lowest BCUT2D eigenvalue weighted by Crippen LogP contribution is -2.63. The van der Waals surface area contributed by atoms with Gasteiger partial charge in [0, 0.05) is 5.92 Å². The lowest BCUT2D eigenvalue weighted by molar-refractivity contribution is -0.304. The minimum Gasteiger partial charge on any atom is -0.393 e. The van der Waals surface area contributed by atoms with Gasteiger partial charge in [-0.3, -0.25) is 0 Å². The van der Waals surface area contributed by atoms with Crippen molar-refractivity contribution in [1.82, 2.24) is 0 Å². The summed E-state index contributed by atoms with van der Waals surface area (Å²) in [7, 11) is 0. The first kappa shape index (κ1) is 32.2. The Hall–Kier alpha value is -0.360. The molecule has 0 aromatic heterocycles. The maximum absolute atomic E-state index is 12.2. The van der Waals surface area contributed by atoms with Crippen LogP contribution < -0.4 is 0 Å². The smallest absolute Gasteiger partial charge is 0.186 e. The molecule has 6 N–H and O–H groups in total. The van der Waals surface area contributed by atoms with Gasteiger partial charge in [0.25, 0.3) is 0 Å². The molecule has 5 saturated carbocycles. The molecule has 0 radical (unpaired) electrons. The first-order valence-electron chi connectivity index (χ1n) is 17.4. The van der Waals surface area contributed by atoms with Crippen LogP contribution in [-0.4, -0.2) is 97.5 Å². The van der Waals surface area contributed by atoms with Crippen molar-refractivity contribution in [3.63, 3.8) is 0 Å². The van der Waals surface area contributed by atoms with Crippen molar-refractivity contribution < 1.29 is 44.8 Å². The summed E-state index contributed by atoms with van der Waals surface area (Å²) in [4.78, 5) is 0. The zero-order valence-corrected chi connectivity index (χ0v) is 27.8. The van der Waals surface area contributed by atoms with Gasteiger partial charge >= 0.3 is 0 Å². The predicted molar refractivity (Wildman–Crippen MR) is 161 cm³/mol. The summed E-state index contributed by atoms with van der Waals surface area (Å²) < 4.78 is 18.7. The van der Waals surface area contributed by atoms with E-state index in [2.05, 4.69) is 34.6 Å². The van der Waals surface area contributed by atoms with Crippen molar-refractivity contribution >= 4 is 0 Å². The Kier molecular flexibility index (Phi) is 7.04. The highest BCUT2D eigenvalue weighted by molar-refractivity contribution is 5.33. The van der Waals surface area contributed by atoms with Gasteiger partial charge in [-0.1, -0.05) is 27.7 Å². The normalized spacial score (nSPS) is 59.8. The average Bonchev–Trinajstić information content (AvgIpc) is 3.27. The molecule has 2 spiro atoms. The Morgan fingerprint density at radius 2 is 1.45 bits per heavy atom. The molecule has 252 valence electrons. The van der Waals surface area contributed by atoms with E-state index in [1.807, 2.05) is 13.8 Å². The Balaban J connectivity index is 1.16. The van der Waals surface area contributed by atoms with Gasteiger partial charge in [-0.25, -0.2) is 0 Å². The Morgan fingerprint density at radius 1 is 0.750 bits per heavy atom. The summed E-state index contributed by atoms with van der Waals surface area (Å²) in [6, 6.07) is 0. The highest BCUT2D eigenvalue weighted by Gasteiger charge is 2.85. The van der Waals surface area contributed by atoms with E-state index in [1.165, 1.54) is 0 Å². The third kappa shape index (κ3) is 3.97. The SMILES string of the molecule is CC(C)(O)C1CCC(C)(C2C(O)CC3(C)C4C(O)CC5C(C)(C)C(OC6OCC(O)C(O)C6O)CCC56CC46CCC23C)O1. The molecular weight excluding hydrogens is 564 g/mol. The fourth-order valence-corrected chi connectivity index (χ4v) is 13.4. The number of fused-ring (bicyclic) bond motifs is 2. The van der Waals surface area contributed by atoms with Crippen LogP contribution in [-0.2, 0) is 14.2 Å². The second kappa shape index (κ2) is 9.63. The Morgan fingerprint density at radius 3 is 2.11 bits per heavy atom. The van der Waals surface area contributed by atoms with E-state index in [9.17, 15) is 30.6 Å². The van der Waals surface area contributed by atoms with Crippen molar-refractivity contribution in [2.24, 2.45) is 44.8 Å². The Bertz CT molecular complexity index is 1160. The van der Waals surface area contributed by atoms with Crippen LogP contribution in [0.4, 0.5) is 0 Å². The standard InChI is InChI=1S/C35H58O9/c1-29(2)21-14-18(36)27-32(6)15-19(37)26(33(7)10-8-23(44-33)30(3,4)41)31(32,5)12-13-35(27)17-34(21,35)11-9-22(29)43-28-25(40)24(39)20(38)16-42-28/h18-28,36-41H,8-17H2,1-7H3. The van der Waals surface area contributed by atoms with Crippen LogP contribution in [0.25, 0.3) is 0 Å². The zero-order valence-electron chi connectivity index (χ0n) is 27.8. The van der Waals surface area contributed by atoms with Crippen LogP contribution in [0.5, 0.6) is 0 Å². The minimum absolute atomic E-state index is 0.0225. The predicted octanol–water partition coefficient (Wildman–Crippen LogP) is 2.90. The molecule has 16 unspecified atom stereocenters. The largest absolute Gasteiger partial charge is 0.393 e. The molecule has 0 aromatic carbocycles. The molecule has 44 heavy (non-hydrogen) atoms. The van der Waals surface area contributed by atoms with Crippen LogP contribution in [0.15, 0.2) is 0 Å². The molecule has 16 atom stereocenters. The maximum atomic E-state index is 12.2. The first-order valence-corrected chi connectivity index (χ1v) is 17.4. The molecule has 2 aliphatic heterocycles. The van der Waals surface area contributed by atoms with Crippen molar-refractivity contribution in [3.05, 3.63) is 0 Å². The minimum atomic E-state index is -1.32. The molecule has 7 rings (SSSR count). The van der Waals surface area contributed by atoms with E-state index < -0.39 is 48.0 Å². The van der Waals surface area contributed by atoms with Crippen molar-refractivity contribution in [2.45, 2.75) is 166 Å². The van der Waals surface area contributed by atoms with Crippen LogP contribution in [0.3, 0.4) is 0 Å². The van der Waals surface area contributed by atoms with Gasteiger partial charge in [0.15, 0.2) is 6.29 Å². The lowest BCUT2D eigenvalue weighted by atomic mass is 9.41. The fourth-order valence-electron chi connectivity index (χ4n) is 13.4. The molecule has 7 aliphatic rings. The van der Waals surface area contributed by atoms with E-state index in [-0.39, 0.29) is 63.6 Å². The highest BCUT2D eigenvalue weighted by Crippen LogP contribution is 2.89. The summed E-state index contributed by atoms with van der Waals surface area (Å²) in [5, 5.41) is 65.6. The first-order chi connectivity index (χ1) is 20.3. The molecule has 2 heterocycles. The summed E-state index contributed by atoms with van der Waals surface area (Å²) >= 11 is 0. The van der Waals surface area contributed by atoms with Crippen molar-refractivity contribution in [3.8, 4) is 0 Å². The number of rotatable bonds is 4. The molecule has 9 nitrogen and oxygen atoms in total. The van der Waals surface area contributed by atoms with E-state index in [1.54, 1.807) is 0 Å². The highest BCUT2D eigenvalue weighted by atomic mass is 16.7. The maximum Gasteiger partial charge on any atom is 0.186 e. The van der Waals surface area contributed by atoms with Gasteiger partial charge in [0.2, 0.25) is 0 Å². The summed E-state index contributed by atoms with van der Waals surface area (Å²) in [5.74, 6) is 0.253. The van der Waals surface area contributed by atoms with Gasteiger partial charge in [-0.15, -0.1) is 0 Å². The van der Waals surface area contributed by atoms with Gasteiger partial charge in [-0.05, 0) is 117 Å². The monoisotopic (exact) mass is 622 g/mol. The topological polar surface area (TPSA) is 149 Å². The van der Waals surface area contributed by atoms with E-state index in [4.69, 9.17) is 14.2 Å². The van der Waals surface area contributed by atoms with E-state index >= 15 is 0 Å². The molecule has 2 saturated heterocycles. The molecular formula is C35H58O9. The zero-order chi connectivity index (χ0) is 32.0. The van der Waals surface area contributed by atoms with Crippen molar-refractivity contribution in [1.29, 1.82) is 0 Å². The van der Waals surface area contributed by atoms with Gasteiger partial charge in [-0.2, -0.15) is 0 Å². The number of ether oxygens (including phenoxy) is 3. The van der Waals surface area contributed by atoms with Crippen LogP contribution >= 0.6 is 0 Å². The molecule has 0 amide bonds. The third-order valence-corrected chi connectivity index (χ3v) is 15.5. The van der Waals surface area contributed by atoms with Crippen LogP contribution in [0.1, 0.15) is 106 Å². The summed E-state index contributed by atoms with van der Waals surface area (Å²) in [6.45, 7) is 14.8. The molecule has 7 fully saturated rings. The second-order valence-electron chi connectivity index (χ2n) is 18.3. The number of aliphatic hydroxyl groups is 6. The summed E-state index contributed by atoms with van der Waals surface area (Å²) in [6.07, 6.45) is 1.55. The van der Waals surface area contributed by atoms with E-state index in [0.29, 0.717) is 12.8 Å². The van der Waals surface area contributed by atoms with Gasteiger partial charge in [0.05, 0.1) is 42.2 Å². The van der Waals surface area contributed by atoms with Crippen LogP contribution in [0, 0.1) is 44.8 Å². The van der Waals surface area contributed by atoms with E-state index in [0.717, 1.165) is 44.9 Å². The molecule has 0 bridgehead atoms. The van der Waals surface area contributed by atoms with Gasteiger partial charge < -0.3 is 44.8 Å². The van der Waals surface area contributed by atoms with Gasteiger partial charge in [0.1, 0.15) is 18.3 Å². The second-order valence-corrected chi connectivity index (χ2v) is 18.3. The fraction of sp³-hybridized carbons (Fsp3) is 1.00. The molecule has 9 heteroatoms. The number of hydrogen-bond acceptors (Lipinski definition) is 9. The average molecular weight is 623 g/mol. The molecule has 5 aliphatic carbocycles. The van der Waals surface area contributed by atoms with Crippen LogP contribution in [0.2, 0.25) is 0 Å². The summed E-state index contributed by atoms with van der Waals surface area (Å²) in [5.41, 5.74) is -2.10. The lowest BCUT2D eigenvalue weighted by Gasteiger charge is -2.65. The third-order valence-electron chi connectivity index (χ3n) is 15.5. The molecule has 0 aromatic rings. The number of aliphatic hydroxyl groups excluding tert-OH is 5. The Labute approximate surface area is 262 Å². The quantitative estimate of drug-likeness (QED) is 0.260.